The summed E-state index contributed by atoms with van der Waals surface area (Å²) in [6.45, 7) is 2.85. The second-order valence-corrected chi connectivity index (χ2v) is 9.17. The Morgan fingerprint density at radius 1 is 1.11 bits per heavy atom. The number of fused-ring (bicyclic) bond motifs is 1. The van der Waals surface area contributed by atoms with Crippen LogP contribution in [0.5, 0.6) is 0 Å². The third-order valence-corrected chi connectivity index (χ3v) is 7.11. The van der Waals surface area contributed by atoms with E-state index in [1.807, 2.05) is 4.90 Å². The molecule has 3 aliphatic heterocycles. The highest BCUT2D eigenvalue weighted by molar-refractivity contribution is 6.25. The molecule has 2 unspecified atom stereocenters. The summed E-state index contributed by atoms with van der Waals surface area (Å²) in [5.41, 5.74) is 1.84. The number of amides is 5. The van der Waals surface area contributed by atoms with Gasteiger partial charge in [-0.2, -0.15) is 5.10 Å². The number of likely N-dealkylation sites (tertiary alicyclic amines) is 1. The Balaban J connectivity index is 1.43. The minimum Gasteiger partial charge on any atom is -0.377 e. The molecule has 2 atom stereocenters. The van der Waals surface area contributed by atoms with Crippen molar-refractivity contribution in [3.05, 3.63) is 47.3 Å². The lowest BCUT2D eigenvalue weighted by Crippen LogP contribution is -2.54. The number of nitrogens with zero attached hydrogens (tertiary/aromatic N) is 3. The van der Waals surface area contributed by atoms with Crippen molar-refractivity contribution in [1.29, 1.82) is 0 Å². The smallest absolute Gasteiger partial charge is 0.264 e. The summed E-state index contributed by atoms with van der Waals surface area (Å²) in [4.78, 5) is 65.1. The molecule has 11 nitrogen and oxygen atoms in total. The number of piperidine rings is 2. The summed E-state index contributed by atoms with van der Waals surface area (Å²) >= 11 is 0. The number of H-pyrrole nitrogens is 1. The molecule has 2 fully saturated rings. The fraction of sp³-hybridized carbons (Fsp3) is 0.417. The van der Waals surface area contributed by atoms with Gasteiger partial charge in [0.25, 0.3) is 11.8 Å². The Bertz CT molecular complexity index is 1200. The van der Waals surface area contributed by atoms with Gasteiger partial charge in [0.05, 0.1) is 23.4 Å². The lowest BCUT2D eigenvalue weighted by Gasteiger charge is -2.36. The second kappa shape index (κ2) is 8.97. The summed E-state index contributed by atoms with van der Waals surface area (Å²) < 4.78 is 0. The van der Waals surface area contributed by atoms with Crippen LogP contribution >= 0.6 is 0 Å². The van der Waals surface area contributed by atoms with Gasteiger partial charge in [-0.3, -0.25) is 39.3 Å². The molecule has 0 saturated carbocycles. The minimum absolute atomic E-state index is 0.0507. The molecule has 0 radical (unpaired) electrons. The highest BCUT2D eigenvalue weighted by atomic mass is 16.2. The number of carbonyl (C=O) groups is 5. The first-order valence-corrected chi connectivity index (χ1v) is 11.7. The zero-order valence-electron chi connectivity index (χ0n) is 19.2. The van der Waals surface area contributed by atoms with Gasteiger partial charge in [0.2, 0.25) is 17.7 Å². The number of benzene rings is 1. The molecule has 3 N–H and O–H groups in total. The minimum atomic E-state index is -1.02. The van der Waals surface area contributed by atoms with E-state index in [0.29, 0.717) is 18.8 Å². The molecule has 5 amide bonds. The molecule has 2 aromatic rings. The summed E-state index contributed by atoms with van der Waals surface area (Å²) in [6, 6.07) is 3.79. The van der Waals surface area contributed by atoms with Crippen molar-refractivity contribution in [2.24, 2.45) is 5.92 Å². The van der Waals surface area contributed by atoms with Crippen molar-refractivity contribution in [3.63, 3.8) is 0 Å². The van der Waals surface area contributed by atoms with Crippen molar-refractivity contribution >= 4 is 35.2 Å². The maximum atomic E-state index is 13.5. The van der Waals surface area contributed by atoms with Crippen molar-refractivity contribution in [1.82, 2.24) is 25.3 Å². The van der Waals surface area contributed by atoms with Gasteiger partial charge in [0, 0.05) is 43.9 Å². The lowest BCUT2D eigenvalue weighted by atomic mass is 9.86. The maximum absolute atomic E-state index is 13.5. The normalized spacial score (nSPS) is 21.7. The van der Waals surface area contributed by atoms with Crippen LogP contribution in [0.25, 0.3) is 0 Å². The van der Waals surface area contributed by atoms with Gasteiger partial charge in [-0.25, -0.2) is 0 Å². The van der Waals surface area contributed by atoms with Crippen molar-refractivity contribution in [2.45, 2.75) is 44.7 Å². The quantitative estimate of drug-likeness (QED) is 0.548. The van der Waals surface area contributed by atoms with E-state index >= 15 is 0 Å². The number of hydrogen-bond acceptors (Lipinski definition) is 7. The van der Waals surface area contributed by atoms with E-state index < -0.39 is 29.7 Å². The molecule has 0 aliphatic carbocycles. The first-order valence-electron chi connectivity index (χ1n) is 11.7. The van der Waals surface area contributed by atoms with Gasteiger partial charge in [-0.05, 0) is 37.3 Å². The predicted octanol–water partition coefficient (Wildman–Crippen LogP) is 1.22. The average Bonchev–Trinajstić information content (AvgIpc) is 3.46. The molecule has 3 aliphatic rings. The van der Waals surface area contributed by atoms with E-state index in [2.05, 4.69) is 20.8 Å². The first kappa shape index (κ1) is 22.8. The number of aromatic amines is 1. The van der Waals surface area contributed by atoms with E-state index in [0.717, 1.165) is 23.3 Å². The standard InChI is InChI=1S/C24H26N6O5/c1-13(31)29-9-7-14(8-10-29)21(15-11-25-26-12-15)27-17-4-2-3-16-20(17)24(35)30(23(16)34)18-5-6-19(32)28-22(18)33/h2-4,11-12,14,18,21,27H,5-10H2,1H3,(H,25,26)(H,28,32,33). The van der Waals surface area contributed by atoms with E-state index in [1.54, 1.807) is 37.5 Å². The number of carbonyl (C=O) groups excluding carboxylic acids is 5. The Morgan fingerprint density at radius 3 is 2.54 bits per heavy atom. The summed E-state index contributed by atoms with van der Waals surface area (Å²) in [6.07, 6.45) is 5.23. The third kappa shape index (κ3) is 4.07. The van der Waals surface area contributed by atoms with Gasteiger partial charge >= 0.3 is 0 Å². The number of anilines is 1. The fourth-order valence-electron chi connectivity index (χ4n) is 5.25. The van der Waals surface area contributed by atoms with Crippen LogP contribution in [-0.4, -0.2) is 68.7 Å². The number of aromatic nitrogens is 2. The molecule has 1 aromatic carbocycles. The molecular formula is C24H26N6O5. The molecule has 4 heterocycles. The molecule has 35 heavy (non-hydrogen) atoms. The zero-order chi connectivity index (χ0) is 24.7. The van der Waals surface area contributed by atoms with Crippen LogP contribution in [0.2, 0.25) is 0 Å². The van der Waals surface area contributed by atoms with Crippen LogP contribution < -0.4 is 10.6 Å². The van der Waals surface area contributed by atoms with Crippen LogP contribution in [0.15, 0.2) is 30.6 Å². The molecule has 1 aromatic heterocycles. The average molecular weight is 479 g/mol. The summed E-state index contributed by atoms with van der Waals surface area (Å²) in [7, 11) is 0. The van der Waals surface area contributed by atoms with Gasteiger partial charge in [-0.1, -0.05) is 6.07 Å². The van der Waals surface area contributed by atoms with Gasteiger partial charge in [-0.15, -0.1) is 0 Å². The molecule has 2 saturated heterocycles. The van der Waals surface area contributed by atoms with Crippen LogP contribution in [0.4, 0.5) is 5.69 Å². The highest BCUT2D eigenvalue weighted by Crippen LogP contribution is 2.38. The van der Waals surface area contributed by atoms with E-state index in [1.165, 1.54) is 0 Å². The van der Waals surface area contributed by atoms with Crippen molar-refractivity contribution in [3.8, 4) is 0 Å². The number of rotatable bonds is 5. The predicted molar refractivity (Wildman–Crippen MR) is 123 cm³/mol. The van der Waals surface area contributed by atoms with E-state index in [4.69, 9.17) is 0 Å². The number of imide groups is 2. The third-order valence-electron chi connectivity index (χ3n) is 7.11. The Hall–Kier alpha value is -4.02. The molecule has 0 bridgehead atoms. The Kier molecular flexibility index (Phi) is 5.83. The molecule has 5 rings (SSSR count). The topological polar surface area (TPSA) is 145 Å². The largest absolute Gasteiger partial charge is 0.377 e. The van der Waals surface area contributed by atoms with E-state index in [9.17, 15) is 24.0 Å². The number of hydrogen-bond donors (Lipinski definition) is 3. The summed E-state index contributed by atoms with van der Waals surface area (Å²) in [5.74, 6) is -1.94. The Labute approximate surface area is 201 Å². The van der Waals surface area contributed by atoms with Crippen molar-refractivity contribution < 1.29 is 24.0 Å². The molecule has 0 spiro atoms. The fourth-order valence-corrected chi connectivity index (χ4v) is 5.25. The molecule has 182 valence electrons. The van der Waals surface area contributed by atoms with Crippen LogP contribution in [0.3, 0.4) is 0 Å². The van der Waals surface area contributed by atoms with Gasteiger partial charge in [0.1, 0.15) is 6.04 Å². The number of nitrogens with one attached hydrogen (secondary N) is 3. The van der Waals surface area contributed by atoms with Crippen molar-refractivity contribution in [2.75, 3.05) is 18.4 Å². The highest BCUT2D eigenvalue weighted by Gasteiger charge is 2.46. The maximum Gasteiger partial charge on any atom is 0.264 e. The zero-order valence-corrected chi connectivity index (χ0v) is 19.2. The van der Waals surface area contributed by atoms with Crippen LogP contribution in [-0.2, 0) is 14.4 Å². The SMILES string of the molecule is CC(=O)N1CCC(C(Nc2cccc3c2C(=O)N(C2CCC(=O)NC2=O)C3=O)c2cn[nH]c2)CC1. The van der Waals surface area contributed by atoms with Gasteiger partial charge in [0.15, 0.2) is 0 Å². The molecular weight excluding hydrogens is 452 g/mol. The van der Waals surface area contributed by atoms with E-state index in [-0.39, 0.29) is 41.8 Å². The monoisotopic (exact) mass is 478 g/mol. The van der Waals surface area contributed by atoms with Gasteiger partial charge < -0.3 is 10.2 Å². The molecule has 11 heteroatoms. The van der Waals surface area contributed by atoms with Crippen LogP contribution in [0.1, 0.15) is 64.9 Å². The Morgan fingerprint density at radius 2 is 1.89 bits per heavy atom. The lowest BCUT2D eigenvalue weighted by molar-refractivity contribution is -0.136. The van der Waals surface area contributed by atoms with Crippen LogP contribution in [0, 0.1) is 5.92 Å². The first-order chi connectivity index (χ1) is 16.8. The second-order valence-electron chi connectivity index (χ2n) is 9.17. The summed E-state index contributed by atoms with van der Waals surface area (Å²) in [5, 5.41) is 12.6.